The predicted octanol–water partition coefficient (Wildman–Crippen LogP) is 5.68. The molecule has 1 N–H and O–H groups in total. The highest BCUT2D eigenvalue weighted by molar-refractivity contribution is 7.92. The second-order valence-electron chi connectivity index (χ2n) is 10.9. The fourth-order valence-electron chi connectivity index (χ4n) is 4.27. The molecule has 2 amide bonds. The quantitative estimate of drug-likeness (QED) is 0.315. The molecule has 3 aromatic rings. The van der Waals surface area contributed by atoms with Gasteiger partial charge in [0.05, 0.1) is 17.5 Å². The van der Waals surface area contributed by atoms with Crippen molar-refractivity contribution < 1.29 is 31.2 Å². The van der Waals surface area contributed by atoms with Crippen molar-refractivity contribution in [2.75, 3.05) is 17.1 Å². The first kappa shape index (κ1) is 32.9. The van der Waals surface area contributed by atoms with Gasteiger partial charge in [0.1, 0.15) is 12.6 Å². The van der Waals surface area contributed by atoms with Crippen molar-refractivity contribution in [1.29, 1.82) is 0 Å². The number of rotatable bonds is 10. The van der Waals surface area contributed by atoms with Crippen LogP contribution in [-0.2, 0) is 38.8 Å². The first-order chi connectivity index (χ1) is 19.5. The van der Waals surface area contributed by atoms with Gasteiger partial charge in [-0.25, -0.2) is 8.42 Å². The zero-order valence-electron chi connectivity index (χ0n) is 23.7. The third kappa shape index (κ3) is 9.22. The zero-order valence-corrected chi connectivity index (χ0v) is 25.2. The molecule has 1 unspecified atom stereocenters. The van der Waals surface area contributed by atoms with Crippen LogP contribution in [0.15, 0.2) is 78.9 Å². The third-order valence-corrected chi connectivity index (χ3v) is 7.72. The molecule has 12 heteroatoms. The maximum atomic E-state index is 14.0. The Hall–Kier alpha value is -3.57. The van der Waals surface area contributed by atoms with Crippen molar-refractivity contribution in [2.45, 2.75) is 51.5 Å². The summed E-state index contributed by atoms with van der Waals surface area (Å²) < 4.78 is 66.5. The molecule has 3 aromatic carbocycles. The van der Waals surface area contributed by atoms with E-state index in [2.05, 4.69) is 5.32 Å². The molecule has 0 aliphatic rings. The van der Waals surface area contributed by atoms with E-state index in [-0.39, 0.29) is 18.7 Å². The molecule has 0 radical (unpaired) electrons. The van der Waals surface area contributed by atoms with Gasteiger partial charge in [0.2, 0.25) is 21.8 Å². The van der Waals surface area contributed by atoms with Crippen molar-refractivity contribution in [3.8, 4) is 0 Å². The molecule has 226 valence electrons. The van der Waals surface area contributed by atoms with Gasteiger partial charge in [0.15, 0.2) is 0 Å². The van der Waals surface area contributed by atoms with Crippen molar-refractivity contribution in [3.05, 3.63) is 101 Å². The molecule has 1 atom stereocenters. The number of nitrogens with zero attached hydrogens (tertiary/aromatic N) is 2. The number of benzene rings is 3. The monoisotopic (exact) mass is 623 g/mol. The van der Waals surface area contributed by atoms with E-state index >= 15 is 0 Å². The fourth-order valence-corrected chi connectivity index (χ4v) is 5.31. The molecule has 0 heterocycles. The summed E-state index contributed by atoms with van der Waals surface area (Å²) >= 11 is 6.41. The molecule has 7 nitrogen and oxygen atoms in total. The van der Waals surface area contributed by atoms with Crippen LogP contribution in [0.2, 0.25) is 5.02 Å². The summed E-state index contributed by atoms with van der Waals surface area (Å²) in [4.78, 5) is 29.0. The minimum absolute atomic E-state index is 0.0847. The summed E-state index contributed by atoms with van der Waals surface area (Å²) in [6.45, 7) is 4.34. The lowest BCUT2D eigenvalue weighted by Gasteiger charge is -2.35. The molecule has 0 fully saturated rings. The summed E-state index contributed by atoms with van der Waals surface area (Å²) in [7, 11) is -4.23. The van der Waals surface area contributed by atoms with E-state index in [0.29, 0.717) is 21.0 Å². The molecular weight excluding hydrogens is 591 g/mol. The van der Waals surface area contributed by atoms with Crippen LogP contribution in [0.1, 0.15) is 37.5 Å². The minimum Gasteiger partial charge on any atom is -0.350 e. The fraction of sp³-hybridized carbons (Fsp3) is 0.333. The Bertz CT molecular complexity index is 1510. The number of carbonyl (C=O) groups excluding carboxylic acids is 2. The Balaban J connectivity index is 2.11. The van der Waals surface area contributed by atoms with E-state index in [1.54, 1.807) is 75.4 Å². The lowest BCUT2D eigenvalue weighted by atomic mass is 10.0. The van der Waals surface area contributed by atoms with E-state index in [0.717, 1.165) is 24.0 Å². The normalized spacial score (nSPS) is 12.9. The molecule has 42 heavy (non-hydrogen) atoms. The number of nitrogens with one attached hydrogen (secondary N) is 1. The average molecular weight is 624 g/mol. The average Bonchev–Trinajstić information content (AvgIpc) is 2.88. The van der Waals surface area contributed by atoms with Gasteiger partial charge >= 0.3 is 6.18 Å². The summed E-state index contributed by atoms with van der Waals surface area (Å²) in [5.41, 5.74) is -0.833. The van der Waals surface area contributed by atoms with Crippen molar-refractivity contribution in [3.63, 3.8) is 0 Å². The van der Waals surface area contributed by atoms with Gasteiger partial charge in [0.25, 0.3) is 0 Å². The Labute approximate surface area is 249 Å². The van der Waals surface area contributed by atoms with Crippen LogP contribution in [0, 0.1) is 0 Å². The SMILES string of the molecule is CC(C)(C)NC(=O)C(Cc1ccccc1)N(Cc1ccccc1Cl)C(=O)CN(c1cccc(C(F)(F)F)c1)S(C)(=O)=O. The number of hydrogen-bond donors (Lipinski definition) is 1. The summed E-state index contributed by atoms with van der Waals surface area (Å²) in [5, 5.41) is 3.21. The standard InChI is InChI=1S/C30H33ClF3N3O4S/c1-29(2,3)35-28(39)26(17-21-11-6-5-7-12-21)36(19-22-13-8-9-16-25(22)31)27(38)20-37(42(4,40)41)24-15-10-14-23(18-24)30(32,33)34/h5-16,18,26H,17,19-20H2,1-4H3,(H,35,39). The Morgan fingerprint density at radius 3 is 2.12 bits per heavy atom. The van der Waals surface area contributed by atoms with Gasteiger partial charge in [-0.15, -0.1) is 0 Å². The first-order valence-corrected chi connectivity index (χ1v) is 15.2. The zero-order chi connectivity index (χ0) is 31.3. The lowest BCUT2D eigenvalue weighted by Crippen LogP contribution is -2.56. The van der Waals surface area contributed by atoms with Gasteiger partial charge < -0.3 is 10.2 Å². The largest absolute Gasteiger partial charge is 0.416 e. The van der Waals surface area contributed by atoms with Crippen LogP contribution >= 0.6 is 11.6 Å². The molecular formula is C30H33ClF3N3O4S. The topological polar surface area (TPSA) is 86.8 Å². The van der Waals surface area contributed by atoms with E-state index in [9.17, 15) is 31.2 Å². The Kier molecular flexibility index (Phi) is 10.3. The molecule has 0 aliphatic carbocycles. The minimum atomic E-state index is -4.73. The van der Waals surface area contributed by atoms with Gasteiger partial charge in [0, 0.05) is 23.5 Å². The molecule has 0 bridgehead atoms. The highest BCUT2D eigenvalue weighted by Crippen LogP contribution is 2.32. The van der Waals surface area contributed by atoms with Crippen molar-refractivity contribution >= 4 is 39.1 Å². The molecule has 3 rings (SSSR count). The number of hydrogen-bond acceptors (Lipinski definition) is 4. The predicted molar refractivity (Wildman–Crippen MR) is 157 cm³/mol. The maximum absolute atomic E-state index is 14.0. The van der Waals surface area contributed by atoms with Gasteiger partial charge in [-0.05, 0) is 56.2 Å². The molecule has 0 spiro atoms. The molecule has 0 saturated heterocycles. The highest BCUT2D eigenvalue weighted by Gasteiger charge is 2.36. The molecule has 0 aromatic heterocycles. The highest BCUT2D eigenvalue weighted by atomic mass is 35.5. The van der Waals surface area contributed by atoms with Crippen LogP contribution in [0.25, 0.3) is 0 Å². The number of amides is 2. The lowest BCUT2D eigenvalue weighted by molar-refractivity contribution is -0.140. The summed E-state index contributed by atoms with van der Waals surface area (Å²) in [5.74, 6) is -1.29. The van der Waals surface area contributed by atoms with Crippen LogP contribution < -0.4 is 9.62 Å². The smallest absolute Gasteiger partial charge is 0.350 e. The van der Waals surface area contributed by atoms with Crippen molar-refractivity contribution in [2.24, 2.45) is 0 Å². The van der Waals surface area contributed by atoms with E-state index in [4.69, 9.17) is 11.6 Å². The summed E-state index contributed by atoms with van der Waals surface area (Å²) in [6.07, 6.45) is -3.85. The third-order valence-electron chi connectivity index (χ3n) is 6.21. The molecule has 0 aliphatic heterocycles. The van der Waals surface area contributed by atoms with Crippen LogP contribution in [-0.4, -0.2) is 49.5 Å². The second-order valence-corrected chi connectivity index (χ2v) is 13.2. The van der Waals surface area contributed by atoms with Gasteiger partial charge in [-0.1, -0.05) is 66.2 Å². The van der Waals surface area contributed by atoms with E-state index in [1.807, 2.05) is 0 Å². The number of anilines is 1. The van der Waals surface area contributed by atoms with Gasteiger partial charge in [-0.2, -0.15) is 13.2 Å². The maximum Gasteiger partial charge on any atom is 0.416 e. The number of sulfonamides is 1. The van der Waals surface area contributed by atoms with E-state index < -0.39 is 51.7 Å². The summed E-state index contributed by atoms with van der Waals surface area (Å²) in [6, 6.07) is 18.3. The Morgan fingerprint density at radius 1 is 0.929 bits per heavy atom. The van der Waals surface area contributed by atoms with Crippen LogP contribution in [0.4, 0.5) is 18.9 Å². The Morgan fingerprint density at radius 2 is 1.55 bits per heavy atom. The second kappa shape index (κ2) is 13.2. The number of halogens is 4. The van der Waals surface area contributed by atoms with Crippen LogP contribution in [0.5, 0.6) is 0 Å². The van der Waals surface area contributed by atoms with Crippen LogP contribution in [0.3, 0.4) is 0 Å². The van der Waals surface area contributed by atoms with Gasteiger partial charge in [-0.3, -0.25) is 13.9 Å². The number of carbonyl (C=O) groups is 2. The number of alkyl halides is 3. The molecule has 0 saturated carbocycles. The first-order valence-electron chi connectivity index (χ1n) is 13.0. The van der Waals surface area contributed by atoms with Crippen molar-refractivity contribution in [1.82, 2.24) is 10.2 Å². The van der Waals surface area contributed by atoms with E-state index in [1.165, 1.54) is 11.0 Å².